The van der Waals surface area contributed by atoms with Crippen molar-refractivity contribution in [1.29, 1.82) is 0 Å². The fourth-order valence-electron chi connectivity index (χ4n) is 3.12. The molecule has 0 aliphatic carbocycles. The SMILES string of the molecule is C=C/C=C(F)\C=C/CN1C(CCCCC(=O)OC)=Nc2cc(CNO)ccc2C1O. The molecule has 8 heteroatoms. The first-order chi connectivity index (χ1) is 14.5. The molecule has 0 radical (unpaired) electrons. The molecule has 1 atom stereocenters. The van der Waals surface area contributed by atoms with Crippen molar-refractivity contribution in [3.63, 3.8) is 0 Å². The standard InChI is InChI=1S/C22H28FN3O4/c1-3-7-17(23)8-6-13-26-20(9-4-5-10-21(27)30-2)25-19-14-16(15-24-29)11-12-18(19)22(26)28/h3,6-8,11-12,14,22,24,28-29H,1,4-5,9-10,13,15H2,2H3/b8-6-,17-7+. The molecule has 1 aliphatic heterocycles. The number of carbonyl (C=O) groups is 1. The number of fused-ring (bicyclic) bond motifs is 1. The van der Waals surface area contributed by atoms with Crippen LogP contribution in [-0.2, 0) is 16.1 Å². The molecule has 0 saturated carbocycles. The minimum absolute atomic E-state index is 0.259. The summed E-state index contributed by atoms with van der Waals surface area (Å²) in [5, 5.41) is 19.8. The zero-order valence-electron chi connectivity index (χ0n) is 17.1. The molecule has 0 saturated heterocycles. The average Bonchev–Trinajstić information content (AvgIpc) is 2.73. The molecule has 1 unspecified atom stereocenters. The van der Waals surface area contributed by atoms with Crippen LogP contribution in [0.3, 0.4) is 0 Å². The van der Waals surface area contributed by atoms with Gasteiger partial charge in [0.1, 0.15) is 11.7 Å². The maximum absolute atomic E-state index is 13.6. The summed E-state index contributed by atoms with van der Waals surface area (Å²) in [5.41, 5.74) is 4.18. The van der Waals surface area contributed by atoms with Gasteiger partial charge in [-0.15, -0.1) is 0 Å². The number of allylic oxidation sites excluding steroid dienone is 4. The summed E-state index contributed by atoms with van der Waals surface area (Å²) in [6.45, 7) is 3.97. The summed E-state index contributed by atoms with van der Waals surface area (Å²) in [7, 11) is 1.35. The third kappa shape index (κ3) is 6.62. The molecular weight excluding hydrogens is 389 g/mol. The molecular formula is C22H28FN3O4. The maximum Gasteiger partial charge on any atom is 0.305 e. The van der Waals surface area contributed by atoms with E-state index < -0.39 is 12.1 Å². The van der Waals surface area contributed by atoms with Crippen LogP contribution in [0.15, 0.2) is 59.9 Å². The Balaban J connectivity index is 2.21. The van der Waals surface area contributed by atoms with Crippen molar-refractivity contribution < 1.29 is 24.2 Å². The van der Waals surface area contributed by atoms with Crippen molar-refractivity contribution in [2.75, 3.05) is 13.7 Å². The number of unbranched alkanes of at least 4 members (excludes halogenated alkanes) is 1. The van der Waals surface area contributed by atoms with Crippen LogP contribution in [0.2, 0.25) is 0 Å². The summed E-state index contributed by atoms with van der Waals surface area (Å²) in [6.07, 6.45) is 6.74. The topological polar surface area (TPSA) is 94.4 Å². The van der Waals surface area contributed by atoms with E-state index in [1.165, 1.54) is 25.3 Å². The Kier molecular flexibility index (Phi) is 9.40. The second kappa shape index (κ2) is 12.0. The lowest BCUT2D eigenvalue weighted by atomic mass is 10.0. The first kappa shape index (κ1) is 23.5. The van der Waals surface area contributed by atoms with E-state index in [2.05, 4.69) is 21.8 Å². The van der Waals surface area contributed by atoms with Crippen molar-refractivity contribution in [1.82, 2.24) is 10.4 Å². The smallest absolute Gasteiger partial charge is 0.305 e. The highest BCUT2D eigenvalue weighted by Gasteiger charge is 2.27. The Morgan fingerprint density at radius 2 is 2.23 bits per heavy atom. The number of carbonyl (C=O) groups excluding carboxylic acids is 1. The first-order valence-electron chi connectivity index (χ1n) is 9.73. The molecule has 3 N–H and O–H groups in total. The number of rotatable bonds is 11. The van der Waals surface area contributed by atoms with E-state index in [0.29, 0.717) is 42.8 Å². The fraction of sp³-hybridized carbons (Fsp3) is 0.364. The number of methoxy groups -OCH3 is 1. The predicted molar refractivity (Wildman–Crippen MR) is 113 cm³/mol. The van der Waals surface area contributed by atoms with Crippen LogP contribution < -0.4 is 5.48 Å². The molecule has 1 aromatic rings. The number of aliphatic hydroxyl groups excluding tert-OH is 1. The number of hydrogen-bond donors (Lipinski definition) is 3. The summed E-state index contributed by atoms with van der Waals surface area (Å²) >= 11 is 0. The number of aliphatic imine (C=N–C) groups is 1. The quantitative estimate of drug-likeness (QED) is 0.219. The summed E-state index contributed by atoms with van der Waals surface area (Å²) in [6, 6.07) is 5.36. The molecule has 7 nitrogen and oxygen atoms in total. The summed E-state index contributed by atoms with van der Waals surface area (Å²) < 4.78 is 18.2. The Hall–Kier alpha value is -2.81. The molecule has 0 fully saturated rings. The Morgan fingerprint density at radius 1 is 1.43 bits per heavy atom. The number of halogens is 1. The van der Waals surface area contributed by atoms with Gasteiger partial charge in [-0.2, -0.15) is 0 Å². The van der Waals surface area contributed by atoms with Crippen molar-refractivity contribution in [3.8, 4) is 0 Å². The van der Waals surface area contributed by atoms with Gasteiger partial charge in [-0.1, -0.05) is 30.9 Å². The Morgan fingerprint density at radius 3 is 2.93 bits per heavy atom. The monoisotopic (exact) mass is 417 g/mol. The number of benzene rings is 1. The molecule has 0 amide bonds. The molecule has 1 aromatic carbocycles. The van der Waals surface area contributed by atoms with Crippen molar-refractivity contribution >= 4 is 17.5 Å². The van der Waals surface area contributed by atoms with Crippen LogP contribution in [0.1, 0.15) is 43.0 Å². The maximum atomic E-state index is 13.6. The molecule has 2 rings (SSSR count). The number of nitrogens with one attached hydrogen (secondary N) is 1. The molecule has 0 aromatic heterocycles. The van der Waals surface area contributed by atoms with E-state index in [1.54, 1.807) is 29.2 Å². The molecule has 0 bridgehead atoms. The van der Waals surface area contributed by atoms with Gasteiger partial charge >= 0.3 is 5.97 Å². The Labute approximate surface area is 175 Å². The van der Waals surface area contributed by atoms with Gasteiger partial charge in [-0.3, -0.25) is 4.79 Å². The highest BCUT2D eigenvalue weighted by molar-refractivity contribution is 5.87. The van der Waals surface area contributed by atoms with Crippen LogP contribution >= 0.6 is 0 Å². The molecule has 30 heavy (non-hydrogen) atoms. The van der Waals surface area contributed by atoms with Crippen molar-refractivity contribution in [2.24, 2.45) is 4.99 Å². The number of hydroxylamine groups is 1. The number of nitrogens with zero attached hydrogens (tertiary/aromatic N) is 2. The third-order valence-corrected chi connectivity index (χ3v) is 4.65. The molecule has 162 valence electrons. The van der Waals surface area contributed by atoms with Gasteiger partial charge in [-0.25, -0.2) is 14.9 Å². The minimum atomic E-state index is -0.944. The van der Waals surface area contributed by atoms with E-state index in [4.69, 9.17) is 5.21 Å². The lowest BCUT2D eigenvalue weighted by molar-refractivity contribution is -0.140. The van der Waals surface area contributed by atoms with Gasteiger partial charge in [0.05, 0.1) is 12.8 Å². The van der Waals surface area contributed by atoms with E-state index in [1.807, 2.05) is 0 Å². The van der Waals surface area contributed by atoms with Gasteiger partial charge in [0.15, 0.2) is 6.23 Å². The number of esters is 1. The van der Waals surface area contributed by atoms with Crippen LogP contribution in [0, 0.1) is 0 Å². The second-order valence-electron chi connectivity index (χ2n) is 6.75. The molecule has 1 heterocycles. The van der Waals surface area contributed by atoms with E-state index >= 15 is 0 Å². The van der Waals surface area contributed by atoms with Gasteiger partial charge in [-0.05, 0) is 36.6 Å². The van der Waals surface area contributed by atoms with Crippen LogP contribution in [0.4, 0.5) is 10.1 Å². The highest BCUT2D eigenvalue weighted by atomic mass is 19.1. The predicted octanol–water partition coefficient (Wildman–Crippen LogP) is 3.83. The van der Waals surface area contributed by atoms with Gasteiger partial charge in [0.25, 0.3) is 0 Å². The lowest BCUT2D eigenvalue weighted by Gasteiger charge is -2.35. The number of ether oxygens (including phenoxy) is 1. The largest absolute Gasteiger partial charge is 0.469 e. The van der Waals surface area contributed by atoms with Gasteiger partial charge in [0.2, 0.25) is 0 Å². The van der Waals surface area contributed by atoms with Crippen LogP contribution in [0.25, 0.3) is 0 Å². The van der Waals surface area contributed by atoms with Crippen molar-refractivity contribution in [2.45, 2.75) is 38.5 Å². The second-order valence-corrected chi connectivity index (χ2v) is 6.75. The molecule has 0 spiro atoms. The summed E-state index contributed by atoms with van der Waals surface area (Å²) in [4.78, 5) is 17.7. The highest BCUT2D eigenvalue weighted by Crippen LogP contribution is 2.35. The summed E-state index contributed by atoms with van der Waals surface area (Å²) in [5.74, 6) is -0.0577. The lowest BCUT2D eigenvalue weighted by Crippen LogP contribution is -2.37. The van der Waals surface area contributed by atoms with Gasteiger partial charge < -0.3 is 20.0 Å². The molecule has 1 aliphatic rings. The first-order valence-corrected chi connectivity index (χ1v) is 9.73. The zero-order valence-corrected chi connectivity index (χ0v) is 17.1. The Bertz CT molecular complexity index is 836. The fourth-order valence-corrected chi connectivity index (χ4v) is 3.12. The average molecular weight is 417 g/mol. The van der Waals surface area contributed by atoms with E-state index in [0.717, 1.165) is 5.56 Å². The normalized spacial score (nSPS) is 16.4. The minimum Gasteiger partial charge on any atom is -0.469 e. The van der Waals surface area contributed by atoms with Crippen LogP contribution in [0.5, 0.6) is 0 Å². The third-order valence-electron chi connectivity index (χ3n) is 4.65. The van der Waals surface area contributed by atoms with E-state index in [9.17, 15) is 14.3 Å². The number of hydrogen-bond acceptors (Lipinski definition) is 7. The van der Waals surface area contributed by atoms with E-state index in [-0.39, 0.29) is 19.1 Å². The van der Waals surface area contributed by atoms with Crippen LogP contribution in [-0.4, -0.2) is 40.7 Å². The number of amidine groups is 1. The van der Waals surface area contributed by atoms with Gasteiger partial charge in [0, 0.05) is 31.5 Å². The zero-order chi connectivity index (χ0) is 21.9. The van der Waals surface area contributed by atoms with Crippen molar-refractivity contribution in [3.05, 3.63) is 66.0 Å². The number of aliphatic hydroxyl groups is 1.